The highest BCUT2D eigenvalue weighted by atomic mass is 16.5. The molecule has 0 fully saturated rings. The number of ether oxygens (including phenoxy) is 1. The molecule has 0 aromatic carbocycles. The fourth-order valence-corrected chi connectivity index (χ4v) is 1.28. The highest BCUT2D eigenvalue weighted by molar-refractivity contribution is 4.94. The highest BCUT2D eigenvalue weighted by Gasteiger charge is 2.18. The van der Waals surface area contributed by atoms with Crippen molar-refractivity contribution < 1.29 is 9.26 Å². The third-order valence-electron chi connectivity index (χ3n) is 2.22. The average molecular weight is 213 g/mol. The molecule has 1 heterocycles. The first-order valence-electron chi connectivity index (χ1n) is 5.16. The first kappa shape index (κ1) is 12.1. The lowest BCUT2D eigenvalue weighted by Gasteiger charge is -2.08. The summed E-state index contributed by atoms with van der Waals surface area (Å²) >= 11 is 0. The van der Waals surface area contributed by atoms with E-state index in [1.54, 1.807) is 7.11 Å². The van der Waals surface area contributed by atoms with Gasteiger partial charge in [-0.15, -0.1) is 0 Å². The number of rotatable bonds is 5. The topological polar surface area (TPSA) is 74.2 Å². The molecule has 0 bridgehead atoms. The van der Waals surface area contributed by atoms with Crippen LogP contribution in [0.15, 0.2) is 4.52 Å². The molecule has 0 saturated carbocycles. The number of hydrogen-bond acceptors (Lipinski definition) is 5. The maximum absolute atomic E-state index is 5.91. The Hall–Kier alpha value is -0.940. The van der Waals surface area contributed by atoms with Crippen molar-refractivity contribution in [1.82, 2.24) is 10.1 Å². The van der Waals surface area contributed by atoms with Gasteiger partial charge in [-0.25, -0.2) is 0 Å². The Morgan fingerprint density at radius 1 is 1.40 bits per heavy atom. The highest BCUT2D eigenvalue weighted by Crippen LogP contribution is 2.19. The van der Waals surface area contributed by atoms with Crippen molar-refractivity contribution in [2.24, 2.45) is 11.7 Å². The SMILES string of the molecule is COC(C)c1noc(C(N)CC(C)C)n1. The third-order valence-corrected chi connectivity index (χ3v) is 2.22. The van der Waals surface area contributed by atoms with Gasteiger partial charge < -0.3 is 15.0 Å². The molecule has 15 heavy (non-hydrogen) atoms. The van der Waals surface area contributed by atoms with E-state index in [9.17, 15) is 0 Å². The van der Waals surface area contributed by atoms with E-state index in [1.165, 1.54) is 0 Å². The summed E-state index contributed by atoms with van der Waals surface area (Å²) in [5, 5.41) is 3.82. The second kappa shape index (κ2) is 5.23. The molecule has 0 radical (unpaired) electrons. The first-order chi connectivity index (χ1) is 7.04. The van der Waals surface area contributed by atoms with Crippen LogP contribution < -0.4 is 5.73 Å². The van der Waals surface area contributed by atoms with Crippen LogP contribution in [-0.4, -0.2) is 17.3 Å². The fourth-order valence-electron chi connectivity index (χ4n) is 1.28. The Balaban J connectivity index is 2.66. The molecule has 0 aliphatic rings. The van der Waals surface area contributed by atoms with Gasteiger partial charge in [0.2, 0.25) is 5.89 Å². The van der Waals surface area contributed by atoms with E-state index in [2.05, 4.69) is 24.0 Å². The summed E-state index contributed by atoms with van der Waals surface area (Å²) < 4.78 is 10.2. The lowest BCUT2D eigenvalue weighted by molar-refractivity contribution is 0.109. The minimum absolute atomic E-state index is 0.159. The summed E-state index contributed by atoms with van der Waals surface area (Å²) in [7, 11) is 1.61. The van der Waals surface area contributed by atoms with Crippen molar-refractivity contribution in [3.05, 3.63) is 11.7 Å². The average Bonchev–Trinajstić information content (AvgIpc) is 2.64. The zero-order chi connectivity index (χ0) is 11.4. The number of nitrogens with zero attached hydrogens (tertiary/aromatic N) is 2. The summed E-state index contributed by atoms with van der Waals surface area (Å²) in [4.78, 5) is 4.21. The lowest BCUT2D eigenvalue weighted by atomic mass is 10.0. The second-order valence-corrected chi connectivity index (χ2v) is 4.10. The van der Waals surface area contributed by atoms with E-state index in [0.29, 0.717) is 17.6 Å². The van der Waals surface area contributed by atoms with Gasteiger partial charge in [0, 0.05) is 7.11 Å². The van der Waals surface area contributed by atoms with Crippen LogP contribution >= 0.6 is 0 Å². The molecular weight excluding hydrogens is 194 g/mol. The van der Waals surface area contributed by atoms with Gasteiger partial charge in [0.05, 0.1) is 6.04 Å². The number of methoxy groups -OCH3 is 1. The summed E-state index contributed by atoms with van der Waals surface area (Å²) in [5.74, 6) is 1.55. The Kier molecular flexibility index (Phi) is 4.23. The molecule has 2 unspecified atom stereocenters. The normalized spacial score (nSPS) is 15.6. The van der Waals surface area contributed by atoms with Gasteiger partial charge in [0.1, 0.15) is 6.10 Å². The van der Waals surface area contributed by atoms with Crippen LogP contribution in [0.5, 0.6) is 0 Å². The molecule has 5 heteroatoms. The molecule has 5 nitrogen and oxygen atoms in total. The van der Waals surface area contributed by atoms with Crippen LogP contribution in [0.25, 0.3) is 0 Å². The molecule has 0 saturated heterocycles. The number of hydrogen-bond donors (Lipinski definition) is 1. The van der Waals surface area contributed by atoms with E-state index in [4.69, 9.17) is 15.0 Å². The maximum atomic E-state index is 5.91. The van der Waals surface area contributed by atoms with Gasteiger partial charge >= 0.3 is 0 Å². The molecule has 0 spiro atoms. The van der Waals surface area contributed by atoms with Gasteiger partial charge in [-0.05, 0) is 19.3 Å². The first-order valence-corrected chi connectivity index (χ1v) is 5.16. The van der Waals surface area contributed by atoms with Gasteiger partial charge in [-0.1, -0.05) is 19.0 Å². The minimum atomic E-state index is -0.185. The van der Waals surface area contributed by atoms with E-state index in [-0.39, 0.29) is 12.1 Å². The molecule has 0 amide bonds. The molecule has 2 atom stereocenters. The fraction of sp³-hybridized carbons (Fsp3) is 0.800. The molecule has 1 aromatic rings. The monoisotopic (exact) mass is 213 g/mol. The largest absolute Gasteiger partial charge is 0.374 e. The quantitative estimate of drug-likeness (QED) is 0.807. The summed E-state index contributed by atoms with van der Waals surface area (Å²) in [6.07, 6.45) is 0.678. The minimum Gasteiger partial charge on any atom is -0.374 e. The van der Waals surface area contributed by atoms with E-state index in [0.717, 1.165) is 6.42 Å². The van der Waals surface area contributed by atoms with Gasteiger partial charge in [0.25, 0.3) is 0 Å². The predicted octanol–water partition coefficient (Wildman–Crippen LogP) is 1.82. The van der Waals surface area contributed by atoms with Crippen LogP contribution in [0, 0.1) is 5.92 Å². The van der Waals surface area contributed by atoms with Crippen molar-refractivity contribution >= 4 is 0 Å². The molecular formula is C10H19N3O2. The van der Waals surface area contributed by atoms with Crippen molar-refractivity contribution in [3.63, 3.8) is 0 Å². The second-order valence-electron chi connectivity index (χ2n) is 4.10. The van der Waals surface area contributed by atoms with E-state index >= 15 is 0 Å². The zero-order valence-electron chi connectivity index (χ0n) is 9.73. The van der Waals surface area contributed by atoms with E-state index < -0.39 is 0 Å². The van der Waals surface area contributed by atoms with Crippen LogP contribution in [0.2, 0.25) is 0 Å². The smallest absolute Gasteiger partial charge is 0.243 e. The van der Waals surface area contributed by atoms with E-state index in [1.807, 2.05) is 6.92 Å². The summed E-state index contributed by atoms with van der Waals surface area (Å²) in [6.45, 7) is 6.08. The number of nitrogens with two attached hydrogens (primary N) is 1. The summed E-state index contributed by atoms with van der Waals surface area (Å²) in [6, 6.07) is -0.185. The van der Waals surface area contributed by atoms with Crippen molar-refractivity contribution in [2.45, 2.75) is 39.3 Å². The van der Waals surface area contributed by atoms with Crippen LogP contribution in [-0.2, 0) is 4.74 Å². The predicted molar refractivity (Wildman–Crippen MR) is 56.1 cm³/mol. The Morgan fingerprint density at radius 2 is 2.07 bits per heavy atom. The number of aromatic nitrogens is 2. The lowest BCUT2D eigenvalue weighted by Crippen LogP contribution is -2.13. The molecule has 1 rings (SSSR count). The van der Waals surface area contributed by atoms with Crippen LogP contribution in [0.4, 0.5) is 0 Å². The summed E-state index contributed by atoms with van der Waals surface area (Å²) in [5.41, 5.74) is 5.91. The van der Waals surface area contributed by atoms with Gasteiger partial charge in [0.15, 0.2) is 5.82 Å². The molecule has 0 aliphatic heterocycles. The van der Waals surface area contributed by atoms with Crippen molar-refractivity contribution in [1.29, 1.82) is 0 Å². The Morgan fingerprint density at radius 3 is 2.60 bits per heavy atom. The Bertz CT molecular complexity index is 299. The van der Waals surface area contributed by atoms with Crippen LogP contribution in [0.1, 0.15) is 51.1 Å². The molecule has 86 valence electrons. The zero-order valence-corrected chi connectivity index (χ0v) is 9.73. The molecule has 0 aliphatic carbocycles. The maximum Gasteiger partial charge on any atom is 0.243 e. The third kappa shape index (κ3) is 3.28. The van der Waals surface area contributed by atoms with Gasteiger partial charge in [-0.3, -0.25) is 0 Å². The molecule has 2 N–H and O–H groups in total. The van der Waals surface area contributed by atoms with Crippen LogP contribution in [0.3, 0.4) is 0 Å². The standard InChI is InChI=1S/C10H19N3O2/c1-6(2)5-8(11)10-12-9(13-15-10)7(3)14-4/h6-8H,5,11H2,1-4H3. The molecule has 1 aromatic heterocycles. The Labute approximate surface area is 90.0 Å². The van der Waals surface area contributed by atoms with Crippen molar-refractivity contribution in [3.8, 4) is 0 Å². The van der Waals surface area contributed by atoms with Crippen molar-refractivity contribution in [2.75, 3.05) is 7.11 Å². The van der Waals surface area contributed by atoms with Gasteiger partial charge in [-0.2, -0.15) is 4.98 Å².